The second-order valence-corrected chi connectivity index (χ2v) is 5.46. The zero-order chi connectivity index (χ0) is 15.0. The van der Waals surface area contributed by atoms with Crippen LogP contribution >= 0.6 is 12.2 Å². The van der Waals surface area contributed by atoms with E-state index >= 15 is 0 Å². The Morgan fingerprint density at radius 3 is 2.62 bits per heavy atom. The number of H-pyrrole nitrogens is 1. The van der Waals surface area contributed by atoms with Gasteiger partial charge in [-0.05, 0) is 55.4 Å². The molecule has 1 aromatic carbocycles. The van der Waals surface area contributed by atoms with E-state index in [4.69, 9.17) is 17.0 Å². The molecule has 1 atom stereocenters. The van der Waals surface area contributed by atoms with E-state index in [1.54, 1.807) is 7.11 Å². The summed E-state index contributed by atoms with van der Waals surface area (Å²) in [7, 11) is 1.67. The van der Waals surface area contributed by atoms with Crippen LogP contribution in [0.5, 0.6) is 5.75 Å². The van der Waals surface area contributed by atoms with Crippen LogP contribution in [0, 0.1) is 11.7 Å². The average Bonchev–Trinajstić information content (AvgIpc) is 2.84. The van der Waals surface area contributed by atoms with Gasteiger partial charge in [-0.15, -0.1) is 0 Å². The molecule has 1 N–H and O–H groups in total. The van der Waals surface area contributed by atoms with Gasteiger partial charge in [0, 0.05) is 6.20 Å². The fourth-order valence-corrected chi connectivity index (χ4v) is 2.88. The molecular formula is C16H17N3OS. The number of methoxy groups -OCH3 is 1. The molecular weight excluding hydrogens is 282 g/mol. The largest absolute Gasteiger partial charge is 0.497 e. The van der Waals surface area contributed by atoms with Gasteiger partial charge in [0.2, 0.25) is 0 Å². The summed E-state index contributed by atoms with van der Waals surface area (Å²) in [5.74, 6) is 0.849. The normalized spacial score (nSPS) is 12.5. The minimum atomic E-state index is 0.103. The molecule has 0 fully saturated rings. The van der Waals surface area contributed by atoms with Gasteiger partial charge in [-0.1, -0.05) is 12.1 Å². The van der Waals surface area contributed by atoms with E-state index in [0.29, 0.717) is 4.77 Å². The van der Waals surface area contributed by atoms with Gasteiger partial charge in [0.1, 0.15) is 5.75 Å². The number of hydrogen-bond acceptors (Lipinski definition) is 3. The van der Waals surface area contributed by atoms with Crippen molar-refractivity contribution in [3.8, 4) is 5.75 Å². The van der Waals surface area contributed by atoms with Crippen LogP contribution in [0.1, 0.15) is 24.1 Å². The van der Waals surface area contributed by atoms with Crippen LogP contribution in [-0.2, 0) is 0 Å². The number of pyridine rings is 1. The molecule has 0 saturated heterocycles. The number of rotatable bonds is 3. The van der Waals surface area contributed by atoms with Crippen LogP contribution in [0.25, 0.3) is 11.2 Å². The summed E-state index contributed by atoms with van der Waals surface area (Å²) in [5.41, 5.74) is 4.20. The second kappa shape index (κ2) is 5.33. The number of nitrogens with zero attached hydrogens (tertiary/aromatic N) is 2. The lowest BCUT2D eigenvalue weighted by molar-refractivity contribution is 0.414. The Labute approximate surface area is 128 Å². The molecule has 4 nitrogen and oxygen atoms in total. The highest BCUT2D eigenvalue weighted by atomic mass is 32.1. The first-order valence-electron chi connectivity index (χ1n) is 6.81. The summed E-state index contributed by atoms with van der Waals surface area (Å²) in [6, 6.07) is 10.1. The van der Waals surface area contributed by atoms with Crippen LogP contribution in [0.2, 0.25) is 0 Å². The highest BCUT2D eigenvalue weighted by Crippen LogP contribution is 2.25. The van der Waals surface area contributed by atoms with Crippen molar-refractivity contribution < 1.29 is 4.74 Å². The maximum Gasteiger partial charge on any atom is 0.179 e. The number of hydrogen-bond donors (Lipinski definition) is 1. The van der Waals surface area contributed by atoms with E-state index in [1.165, 1.54) is 0 Å². The quantitative estimate of drug-likeness (QED) is 0.743. The Morgan fingerprint density at radius 1 is 1.24 bits per heavy atom. The van der Waals surface area contributed by atoms with Crippen molar-refractivity contribution in [2.45, 2.75) is 19.9 Å². The molecule has 0 spiro atoms. The monoisotopic (exact) mass is 299 g/mol. The molecule has 1 unspecified atom stereocenters. The molecule has 0 radical (unpaired) electrons. The highest BCUT2D eigenvalue weighted by molar-refractivity contribution is 7.71. The summed E-state index contributed by atoms with van der Waals surface area (Å²) < 4.78 is 7.95. The molecule has 0 aliphatic heterocycles. The third-order valence-electron chi connectivity index (χ3n) is 3.80. The van der Waals surface area contributed by atoms with Crippen LogP contribution in [-0.4, -0.2) is 21.6 Å². The van der Waals surface area contributed by atoms with Gasteiger partial charge < -0.3 is 9.72 Å². The van der Waals surface area contributed by atoms with Crippen molar-refractivity contribution in [1.82, 2.24) is 14.5 Å². The Bertz CT molecular complexity index is 833. The maximum absolute atomic E-state index is 5.48. The molecule has 2 aromatic heterocycles. The zero-order valence-corrected chi connectivity index (χ0v) is 13.1. The molecule has 0 aliphatic rings. The summed E-state index contributed by atoms with van der Waals surface area (Å²) in [4.78, 5) is 7.74. The van der Waals surface area contributed by atoms with Gasteiger partial charge >= 0.3 is 0 Å². The fourth-order valence-electron chi connectivity index (χ4n) is 2.54. The molecule has 0 bridgehead atoms. The first-order chi connectivity index (χ1) is 10.1. The molecule has 2 heterocycles. The SMILES string of the molecule is COc1ccc(C(C)n2c(=S)[nH]c3c(C)ccnc32)cc1. The van der Waals surface area contributed by atoms with Crippen LogP contribution in [0.3, 0.4) is 0 Å². The van der Waals surface area contributed by atoms with E-state index in [1.807, 2.05) is 24.4 Å². The van der Waals surface area contributed by atoms with Crippen molar-refractivity contribution in [3.05, 3.63) is 52.4 Å². The molecule has 3 rings (SSSR count). The van der Waals surface area contributed by atoms with E-state index in [2.05, 4.69) is 40.5 Å². The van der Waals surface area contributed by atoms with Gasteiger partial charge in [-0.3, -0.25) is 4.57 Å². The van der Waals surface area contributed by atoms with E-state index in [9.17, 15) is 0 Å². The van der Waals surface area contributed by atoms with Gasteiger partial charge in [0.15, 0.2) is 10.4 Å². The van der Waals surface area contributed by atoms with Crippen molar-refractivity contribution in [2.75, 3.05) is 7.11 Å². The molecule has 0 saturated carbocycles. The van der Waals surface area contributed by atoms with Crippen molar-refractivity contribution >= 4 is 23.4 Å². The molecule has 0 aliphatic carbocycles. The number of aryl methyl sites for hydroxylation is 1. The van der Waals surface area contributed by atoms with Crippen molar-refractivity contribution in [2.24, 2.45) is 0 Å². The third-order valence-corrected chi connectivity index (χ3v) is 4.10. The van der Waals surface area contributed by atoms with E-state index < -0.39 is 0 Å². The first kappa shape index (κ1) is 13.8. The predicted octanol–water partition coefficient (Wildman–Crippen LogP) is 4.02. The summed E-state index contributed by atoms with van der Waals surface area (Å²) in [6.07, 6.45) is 1.82. The van der Waals surface area contributed by atoms with Crippen molar-refractivity contribution in [1.29, 1.82) is 0 Å². The zero-order valence-electron chi connectivity index (χ0n) is 12.3. The molecule has 108 valence electrons. The minimum absolute atomic E-state index is 0.103. The molecule has 3 aromatic rings. The number of fused-ring (bicyclic) bond motifs is 1. The summed E-state index contributed by atoms with van der Waals surface area (Å²) in [5, 5.41) is 0. The highest BCUT2D eigenvalue weighted by Gasteiger charge is 2.15. The van der Waals surface area contributed by atoms with E-state index in [0.717, 1.165) is 28.0 Å². The fraction of sp³-hybridized carbons (Fsp3) is 0.250. The van der Waals surface area contributed by atoms with Gasteiger partial charge in [-0.2, -0.15) is 0 Å². The Hall–Kier alpha value is -2.14. The second-order valence-electron chi connectivity index (χ2n) is 5.08. The topological polar surface area (TPSA) is 42.8 Å². The number of aromatic nitrogens is 3. The lowest BCUT2D eigenvalue weighted by atomic mass is 10.1. The van der Waals surface area contributed by atoms with E-state index in [-0.39, 0.29) is 6.04 Å². The van der Waals surface area contributed by atoms with Crippen LogP contribution in [0.4, 0.5) is 0 Å². The lowest BCUT2D eigenvalue weighted by Crippen LogP contribution is -2.07. The third kappa shape index (κ3) is 2.34. The Balaban J connectivity index is 2.12. The average molecular weight is 299 g/mol. The standard InChI is InChI=1S/C16H17N3OS/c1-10-8-9-17-15-14(10)18-16(21)19(15)11(2)12-4-6-13(20-3)7-5-12/h4-9,11H,1-3H3,(H,18,21). The minimum Gasteiger partial charge on any atom is -0.497 e. The molecule has 0 amide bonds. The molecule has 5 heteroatoms. The number of nitrogens with one attached hydrogen (secondary N) is 1. The van der Waals surface area contributed by atoms with Crippen LogP contribution < -0.4 is 4.74 Å². The van der Waals surface area contributed by atoms with Gasteiger partial charge in [0.05, 0.1) is 18.7 Å². The van der Waals surface area contributed by atoms with Gasteiger partial charge in [-0.25, -0.2) is 4.98 Å². The number of aromatic amines is 1. The predicted molar refractivity (Wildman–Crippen MR) is 86.5 cm³/mol. The Kier molecular flexibility index (Phi) is 3.51. The first-order valence-corrected chi connectivity index (χ1v) is 7.22. The summed E-state index contributed by atoms with van der Waals surface area (Å²) in [6.45, 7) is 4.17. The maximum atomic E-state index is 5.48. The van der Waals surface area contributed by atoms with Crippen molar-refractivity contribution in [3.63, 3.8) is 0 Å². The lowest BCUT2D eigenvalue weighted by Gasteiger charge is -2.15. The number of ether oxygens (including phenoxy) is 1. The number of imidazole rings is 1. The van der Waals surface area contributed by atoms with Crippen LogP contribution in [0.15, 0.2) is 36.5 Å². The summed E-state index contributed by atoms with van der Waals surface area (Å²) >= 11 is 5.48. The van der Waals surface area contributed by atoms with Gasteiger partial charge in [0.25, 0.3) is 0 Å². The Morgan fingerprint density at radius 2 is 1.95 bits per heavy atom. The number of benzene rings is 1. The molecule has 21 heavy (non-hydrogen) atoms. The smallest absolute Gasteiger partial charge is 0.179 e.